The Hall–Kier alpha value is -0.620. The van der Waals surface area contributed by atoms with Crippen LogP contribution < -0.4 is 10.6 Å². The largest absolute Gasteiger partial charge is 0.356 e. The summed E-state index contributed by atoms with van der Waals surface area (Å²) in [6.07, 6.45) is 2.09. The lowest BCUT2D eigenvalue weighted by Crippen LogP contribution is -2.28. The third-order valence-electron chi connectivity index (χ3n) is 1.62. The van der Waals surface area contributed by atoms with Gasteiger partial charge in [0.05, 0.1) is 5.75 Å². The van der Waals surface area contributed by atoms with E-state index < -0.39 is 9.84 Å². The number of nitrogens with one attached hydrogen (secondary N) is 2. The van der Waals surface area contributed by atoms with Crippen molar-refractivity contribution in [1.82, 2.24) is 10.6 Å². The molecule has 0 saturated carbocycles. The van der Waals surface area contributed by atoms with Crippen LogP contribution >= 0.6 is 0 Å². The summed E-state index contributed by atoms with van der Waals surface area (Å²) in [5.74, 6) is 0.0760. The first kappa shape index (κ1) is 13.4. The number of hydrogen-bond acceptors (Lipinski definition) is 4. The lowest BCUT2D eigenvalue weighted by molar-refractivity contribution is -0.120. The molecule has 0 radical (unpaired) electrons. The van der Waals surface area contributed by atoms with Crippen LogP contribution in [0.15, 0.2) is 0 Å². The third kappa shape index (κ3) is 9.47. The van der Waals surface area contributed by atoms with Crippen molar-refractivity contribution in [3.05, 3.63) is 0 Å². The molecular weight excluding hydrogens is 204 g/mol. The predicted octanol–water partition coefficient (Wildman–Crippen LogP) is -0.853. The maximum absolute atomic E-state index is 11.0. The SMILES string of the molecule is CNCCC(=O)NCCCS(C)(=O)=O. The molecule has 84 valence electrons. The summed E-state index contributed by atoms with van der Waals surface area (Å²) in [7, 11) is -1.13. The average Bonchev–Trinajstić information content (AvgIpc) is 2.07. The monoisotopic (exact) mass is 222 g/mol. The van der Waals surface area contributed by atoms with Crippen LogP contribution in [0, 0.1) is 0 Å². The van der Waals surface area contributed by atoms with E-state index in [0.717, 1.165) is 0 Å². The van der Waals surface area contributed by atoms with Crippen LogP contribution in [0.2, 0.25) is 0 Å². The van der Waals surface area contributed by atoms with E-state index in [-0.39, 0.29) is 11.7 Å². The molecule has 5 nitrogen and oxygen atoms in total. The van der Waals surface area contributed by atoms with Gasteiger partial charge in [-0.25, -0.2) is 8.42 Å². The summed E-state index contributed by atoms with van der Waals surface area (Å²) in [4.78, 5) is 11.0. The first-order valence-electron chi connectivity index (χ1n) is 4.55. The van der Waals surface area contributed by atoms with E-state index in [1.54, 1.807) is 7.05 Å². The summed E-state index contributed by atoms with van der Waals surface area (Å²) < 4.78 is 21.5. The van der Waals surface area contributed by atoms with Crippen molar-refractivity contribution in [1.29, 1.82) is 0 Å². The van der Waals surface area contributed by atoms with Crippen molar-refractivity contribution in [3.8, 4) is 0 Å². The molecule has 14 heavy (non-hydrogen) atoms. The molecule has 0 aromatic rings. The van der Waals surface area contributed by atoms with Crippen LogP contribution in [-0.4, -0.2) is 46.5 Å². The molecule has 0 aliphatic carbocycles. The van der Waals surface area contributed by atoms with Gasteiger partial charge in [-0.05, 0) is 13.5 Å². The second kappa shape index (κ2) is 6.78. The van der Waals surface area contributed by atoms with Gasteiger partial charge >= 0.3 is 0 Å². The highest BCUT2D eigenvalue weighted by Gasteiger charge is 2.02. The highest BCUT2D eigenvalue weighted by molar-refractivity contribution is 7.90. The smallest absolute Gasteiger partial charge is 0.221 e. The van der Waals surface area contributed by atoms with E-state index in [2.05, 4.69) is 10.6 Å². The quantitative estimate of drug-likeness (QED) is 0.550. The lowest BCUT2D eigenvalue weighted by atomic mass is 10.4. The standard InChI is InChI=1S/C8H18N2O3S/c1-9-6-4-8(11)10-5-3-7-14(2,12)13/h9H,3-7H2,1-2H3,(H,10,11). The third-order valence-corrected chi connectivity index (χ3v) is 2.65. The van der Waals surface area contributed by atoms with Crippen LogP contribution in [0.3, 0.4) is 0 Å². The fourth-order valence-corrected chi connectivity index (χ4v) is 1.56. The van der Waals surface area contributed by atoms with Crippen LogP contribution in [0.5, 0.6) is 0 Å². The van der Waals surface area contributed by atoms with Crippen molar-refractivity contribution < 1.29 is 13.2 Å². The van der Waals surface area contributed by atoms with Crippen molar-refractivity contribution in [2.45, 2.75) is 12.8 Å². The minimum Gasteiger partial charge on any atom is -0.356 e. The van der Waals surface area contributed by atoms with Gasteiger partial charge in [0.25, 0.3) is 0 Å². The highest BCUT2D eigenvalue weighted by atomic mass is 32.2. The van der Waals surface area contributed by atoms with E-state index >= 15 is 0 Å². The molecule has 0 fully saturated rings. The molecule has 1 amide bonds. The number of rotatable bonds is 7. The maximum Gasteiger partial charge on any atom is 0.221 e. The van der Waals surface area contributed by atoms with Crippen LogP contribution in [0.1, 0.15) is 12.8 Å². The first-order valence-corrected chi connectivity index (χ1v) is 6.61. The van der Waals surface area contributed by atoms with Crippen molar-refractivity contribution in [2.24, 2.45) is 0 Å². The van der Waals surface area contributed by atoms with E-state index in [1.807, 2.05) is 0 Å². The van der Waals surface area contributed by atoms with Gasteiger partial charge in [0.15, 0.2) is 0 Å². The molecule has 0 saturated heterocycles. The number of hydrogen-bond donors (Lipinski definition) is 2. The summed E-state index contributed by atoms with van der Waals surface area (Å²) in [6, 6.07) is 0. The normalized spacial score (nSPS) is 11.3. The molecule has 2 N–H and O–H groups in total. The molecule has 0 aromatic heterocycles. The molecule has 0 aliphatic rings. The second-order valence-electron chi connectivity index (χ2n) is 3.19. The fourth-order valence-electron chi connectivity index (χ4n) is 0.889. The van der Waals surface area contributed by atoms with E-state index in [4.69, 9.17) is 0 Å². The Kier molecular flexibility index (Phi) is 6.48. The topological polar surface area (TPSA) is 75.3 Å². The number of sulfone groups is 1. The van der Waals surface area contributed by atoms with E-state index in [0.29, 0.717) is 25.9 Å². The number of carbonyl (C=O) groups is 1. The molecule has 0 heterocycles. The average molecular weight is 222 g/mol. The zero-order valence-electron chi connectivity index (χ0n) is 8.67. The van der Waals surface area contributed by atoms with Gasteiger partial charge in [0, 0.05) is 25.8 Å². The molecule has 6 heteroatoms. The molecule has 0 atom stereocenters. The number of carbonyl (C=O) groups excluding carboxylic acids is 1. The Balaban J connectivity index is 3.41. The Bertz CT molecular complexity index is 262. The molecule has 0 bridgehead atoms. The molecule has 0 aromatic carbocycles. The van der Waals surface area contributed by atoms with Gasteiger partial charge in [-0.15, -0.1) is 0 Å². The van der Waals surface area contributed by atoms with Crippen molar-refractivity contribution in [3.63, 3.8) is 0 Å². The molecular formula is C8H18N2O3S. The minimum atomic E-state index is -2.90. The van der Waals surface area contributed by atoms with Gasteiger partial charge in [-0.2, -0.15) is 0 Å². The van der Waals surface area contributed by atoms with Gasteiger partial charge in [-0.1, -0.05) is 0 Å². The Morgan fingerprint density at radius 2 is 1.93 bits per heavy atom. The molecule has 0 rings (SSSR count). The van der Waals surface area contributed by atoms with Crippen LogP contribution in [-0.2, 0) is 14.6 Å². The van der Waals surface area contributed by atoms with Gasteiger partial charge in [-0.3, -0.25) is 4.79 Å². The first-order chi connectivity index (χ1) is 6.45. The summed E-state index contributed by atoms with van der Waals surface area (Å²) >= 11 is 0. The summed E-state index contributed by atoms with van der Waals surface area (Å²) in [5.41, 5.74) is 0. The summed E-state index contributed by atoms with van der Waals surface area (Å²) in [5, 5.41) is 5.50. The Labute approximate surface area is 85.2 Å². The predicted molar refractivity (Wildman–Crippen MR) is 55.9 cm³/mol. The lowest BCUT2D eigenvalue weighted by Gasteiger charge is -2.03. The Morgan fingerprint density at radius 1 is 1.29 bits per heavy atom. The maximum atomic E-state index is 11.0. The van der Waals surface area contributed by atoms with Gasteiger partial charge < -0.3 is 10.6 Å². The van der Waals surface area contributed by atoms with E-state index in [1.165, 1.54) is 6.26 Å². The van der Waals surface area contributed by atoms with Crippen molar-refractivity contribution in [2.75, 3.05) is 32.1 Å². The second-order valence-corrected chi connectivity index (χ2v) is 5.45. The molecule has 0 spiro atoms. The number of amides is 1. The highest BCUT2D eigenvalue weighted by Crippen LogP contribution is 1.87. The van der Waals surface area contributed by atoms with E-state index in [9.17, 15) is 13.2 Å². The molecule has 0 unspecified atom stereocenters. The van der Waals surface area contributed by atoms with Crippen molar-refractivity contribution >= 4 is 15.7 Å². The zero-order valence-corrected chi connectivity index (χ0v) is 9.49. The Morgan fingerprint density at radius 3 is 2.43 bits per heavy atom. The minimum absolute atomic E-state index is 0.0483. The van der Waals surface area contributed by atoms with Crippen LogP contribution in [0.4, 0.5) is 0 Å². The van der Waals surface area contributed by atoms with Crippen LogP contribution in [0.25, 0.3) is 0 Å². The fraction of sp³-hybridized carbons (Fsp3) is 0.875. The van der Waals surface area contributed by atoms with Gasteiger partial charge in [0.1, 0.15) is 9.84 Å². The molecule has 0 aliphatic heterocycles. The van der Waals surface area contributed by atoms with Gasteiger partial charge in [0.2, 0.25) is 5.91 Å². The summed E-state index contributed by atoms with van der Waals surface area (Å²) in [6.45, 7) is 1.06. The zero-order chi connectivity index (χ0) is 11.0.